The van der Waals surface area contributed by atoms with Gasteiger partial charge in [0.15, 0.2) is 13.4 Å². The second-order valence-corrected chi connectivity index (χ2v) is 22.4. The van der Waals surface area contributed by atoms with Crippen LogP contribution in [0.25, 0.3) is 94.5 Å². The first-order valence-corrected chi connectivity index (χ1v) is 26.2. The van der Waals surface area contributed by atoms with Crippen LogP contribution in [0.2, 0.25) is 0 Å². The fourth-order valence-corrected chi connectivity index (χ4v) is 14.4. The summed E-state index contributed by atoms with van der Waals surface area (Å²) in [5.41, 5.74) is 32.5. The van der Waals surface area contributed by atoms with E-state index in [1.54, 1.807) is 0 Å². The van der Waals surface area contributed by atoms with Gasteiger partial charge in [-0.2, -0.15) is 92.1 Å². The van der Waals surface area contributed by atoms with Gasteiger partial charge in [0, 0.05) is 36.0 Å². The van der Waals surface area contributed by atoms with Crippen molar-refractivity contribution in [2.45, 2.75) is 26.2 Å². The van der Waals surface area contributed by atoms with Crippen molar-refractivity contribution >= 4 is 114 Å². The van der Waals surface area contributed by atoms with E-state index in [0.717, 1.165) is 38.6 Å². The Labute approximate surface area is 476 Å². The van der Waals surface area contributed by atoms with Gasteiger partial charge >= 0.3 is 42.1 Å². The van der Waals surface area contributed by atoms with E-state index in [1.165, 1.54) is 121 Å². The van der Waals surface area contributed by atoms with Crippen LogP contribution >= 0.6 is 0 Å². The Balaban J connectivity index is 0.00000249. The quantitative estimate of drug-likeness (QED) is 0.189. The molecule has 0 fully saturated rings. The van der Waals surface area contributed by atoms with Gasteiger partial charge in [0.1, 0.15) is 0 Å². The zero-order valence-corrected chi connectivity index (χ0v) is 46.4. The molecule has 0 atom stereocenters. The monoisotopic (exact) mass is 1330 g/mol. The predicted molar refractivity (Wildman–Crippen MR) is 310 cm³/mol. The Morgan fingerprint density at radius 1 is 0.377 bits per heavy atom. The Kier molecular flexibility index (Phi) is 9.55. The van der Waals surface area contributed by atoms with Gasteiger partial charge in [-0.05, 0) is 35.2 Å². The topological polar surface area (TPSA) is 56.5 Å². The van der Waals surface area contributed by atoms with E-state index in [-0.39, 0.29) is 74.4 Å². The van der Waals surface area contributed by atoms with E-state index in [1.807, 2.05) is 36.9 Å². The fraction of sp³-hybridized carbons (Fsp3) is 0.0606. The SMILES string of the molecule is CC(C)(C)c1cnc(-n2c3[c-]c4c(cc3c3cc5c([c-]c32)B2c3[c-]c6c(cc3-c3cccc-5c32)-c2ccccc2B6c2ccccn2)-c2cccc3c2B4c2[c-]c4c(cc2-3)-c2ccccc2B4c2ccccn2)nc1.[Pt+2].[Pt+2]. The summed E-state index contributed by atoms with van der Waals surface area (Å²) in [6.07, 6.45) is 7.83. The van der Waals surface area contributed by atoms with Crippen LogP contribution in [0.5, 0.6) is 0 Å². The van der Waals surface area contributed by atoms with Gasteiger partial charge < -0.3 is 4.57 Å². The molecule has 6 aliphatic heterocycles. The summed E-state index contributed by atoms with van der Waals surface area (Å²) in [5.74, 6) is 0.613. The number of benzene rings is 8. The molecule has 0 amide bonds. The van der Waals surface area contributed by atoms with Gasteiger partial charge in [-0.3, -0.25) is 9.97 Å². The third kappa shape index (κ3) is 5.92. The van der Waals surface area contributed by atoms with Crippen LogP contribution in [0.3, 0.4) is 0 Å². The third-order valence-electron chi connectivity index (χ3n) is 17.7. The van der Waals surface area contributed by atoms with Gasteiger partial charge in [-0.1, -0.05) is 184 Å². The van der Waals surface area contributed by atoms with Crippen molar-refractivity contribution in [3.63, 3.8) is 0 Å². The van der Waals surface area contributed by atoms with E-state index in [4.69, 9.17) is 19.9 Å². The first-order valence-electron chi connectivity index (χ1n) is 26.2. The summed E-state index contributed by atoms with van der Waals surface area (Å²) in [6.45, 7) is 6.56. The molecule has 0 saturated carbocycles. The molecule has 6 aliphatic rings. The average Bonchev–Trinajstić information content (AvgIpc) is 4.50. The van der Waals surface area contributed by atoms with Crippen molar-refractivity contribution in [3.8, 4) is 72.7 Å². The molecule has 5 nitrogen and oxygen atoms in total. The maximum atomic E-state index is 5.20. The Bertz CT molecular complexity index is 4350. The van der Waals surface area contributed by atoms with Crippen molar-refractivity contribution in [2.75, 3.05) is 0 Å². The molecule has 12 aromatic rings. The van der Waals surface area contributed by atoms with Gasteiger partial charge in [-0.25, -0.2) is 9.97 Å². The molecule has 4 aromatic heterocycles. The largest absolute Gasteiger partial charge is 2.00 e. The summed E-state index contributed by atoms with van der Waals surface area (Å²) in [4.78, 5) is 20.3. The molecule has 0 radical (unpaired) electrons. The van der Waals surface area contributed by atoms with Gasteiger partial charge in [0.25, 0.3) is 0 Å². The zero-order chi connectivity index (χ0) is 49.2. The molecule has 18 rings (SSSR count). The van der Waals surface area contributed by atoms with Crippen LogP contribution < -0.4 is 65.8 Å². The van der Waals surface area contributed by atoms with Crippen LogP contribution in [0.4, 0.5) is 0 Å². The minimum absolute atomic E-state index is 0. The average molecular weight is 1330 g/mol. The molecule has 0 spiro atoms. The van der Waals surface area contributed by atoms with Crippen LogP contribution in [-0.2, 0) is 47.5 Å². The molecule has 11 heteroatoms. The van der Waals surface area contributed by atoms with Crippen molar-refractivity contribution in [2.24, 2.45) is 0 Å². The minimum Gasteiger partial charge on any atom is -0.328 e. The minimum atomic E-state index is -0.112. The number of nitrogens with zero attached hydrogens (tertiary/aromatic N) is 5. The van der Waals surface area contributed by atoms with Crippen LogP contribution in [-0.4, -0.2) is 51.4 Å². The normalized spacial score (nSPS) is 13.6. The van der Waals surface area contributed by atoms with Gasteiger partial charge in [-0.15, -0.1) is 33.4 Å². The third-order valence-corrected chi connectivity index (χ3v) is 17.7. The summed E-state index contributed by atoms with van der Waals surface area (Å²) in [5, 5.41) is 2.23. The molecule has 8 aromatic carbocycles. The molecule has 0 bridgehead atoms. The summed E-state index contributed by atoms with van der Waals surface area (Å²) in [6, 6.07) is 70.4. The van der Waals surface area contributed by atoms with Gasteiger partial charge in [0.2, 0.25) is 19.4 Å². The molecule has 358 valence electrons. The summed E-state index contributed by atoms with van der Waals surface area (Å²) in [7, 11) is 0. The molecule has 0 unspecified atom stereocenters. The maximum Gasteiger partial charge on any atom is 2.00 e. The second kappa shape index (κ2) is 16.1. The number of pyridine rings is 2. The Hall–Kier alpha value is -7.42. The van der Waals surface area contributed by atoms with Crippen molar-refractivity contribution in [1.29, 1.82) is 0 Å². The first-order chi connectivity index (χ1) is 36.9. The van der Waals surface area contributed by atoms with Gasteiger partial charge in [0.05, 0.1) is 0 Å². The molecular formula is C66H37B4N5Pt2. The van der Waals surface area contributed by atoms with E-state index >= 15 is 0 Å². The van der Waals surface area contributed by atoms with Crippen LogP contribution in [0.15, 0.2) is 170 Å². The second-order valence-electron chi connectivity index (χ2n) is 22.4. The maximum absolute atomic E-state index is 5.20. The molecule has 10 heterocycles. The predicted octanol–water partition coefficient (Wildman–Crippen LogP) is 4.80. The smallest absolute Gasteiger partial charge is 0.328 e. The zero-order valence-electron chi connectivity index (χ0n) is 41.8. The van der Waals surface area contributed by atoms with E-state index in [0.29, 0.717) is 5.95 Å². The summed E-state index contributed by atoms with van der Waals surface area (Å²) < 4.78 is 2.25. The van der Waals surface area contributed by atoms with E-state index < -0.39 is 0 Å². The molecule has 77 heavy (non-hydrogen) atoms. The standard InChI is InChI=1S/C66H37B4N5.2Pt/c1-66(2,3)36-34-73-65(74-35-36)75-59-32-57-47(41-18-12-16-39-45-26-43-37-14-4-6-20-51(37)67(61-22-8-10-24-71-61)53(43)30-55(45)69(57)63(39)41)28-49(59)50-29-48-42-19-13-17-40-46-27-44-38-15-5-7-21-52(38)68(62-23-9-11-25-72-62)54(44)31-56(46)70(64(40)42)58(48)33-60(50)75;;/h4-29,34-35H,1-3H3;;/q-4;2*+2. The number of rotatable bonds is 3. The van der Waals surface area contributed by atoms with E-state index in [2.05, 4.69) is 183 Å². The molecular weight excluding hydrogens is 1300 g/mol. The first kappa shape index (κ1) is 45.7. The van der Waals surface area contributed by atoms with Crippen LogP contribution in [0.1, 0.15) is 26.3 Å². The van der Waals surface area contributed by atoms with Crippen molar-refractivity contribution < 1.29 is 42.1 Å². The van der Waals surface area contributed by atoms with Crippen molar-refractivity contribution in [1.82, 2.24) is 24.5 Å². The van der Waals surface area contributed by atoms with E-state index in [9.17, 15) is 0 Å². The molecule has 0 aliphatic carbocycles. The number of hydrogen-bond acceptors (Lipinski definition) is 4. The molecule has 0 saturated heterocycles. The number of hydrogen-bond donors (Lipinski definition) is 0. The number of aromatic nitrogens is 5. The fourth-order valence-electron chi connectivity index (χ4n) is 14.4. The van der Waals surface area contributed by atoms with Crippen molar-refractivity contribution in [3.05, 3.63) is 200 Å². The summed E-state index contributed by atoms with van der Waals surface area (Å²) >= 11 is 0. The molecule has 0 N–H and O–H groups in total. The van der Waals surface area contributed by atoms with Crippen LogP contribution in [0, 0.1) is 24.3 Å². The Morgan fingerprint density at radius 2 is 0.753 bits per heavy atom. The number of fused-ring (bicyclic) bond motifs is 21. The Morgan fingerprint density at radius 3 is 1.18 bits per heavy atom.